The average Bonchev–Trinajstić information content (AvgIpc) is 2.38. The Hall–Kier alpha value is -2.27. The highest BCUT2D eigenvalue weighted by Gasteiger charge is 2.29. The molecule has 2 aromatic carbocycles. The van der Waals surface area contributed by atoms with Crippen molar-refractivity contribution in [3.8, 4) is 6.07 Å². The molecule has 94 valence electrons. The van der Waals surface area contributed by atoms with Crippen LogP contribution in [0.3, 0.4) is 0 Å². The van der Waals surface area contributed by atoms with Crippen molar-refractivity contribution >= 4 is 5.69 Å². The van der Waals surface area contributed by atoms with Crippen molar-refractivity contribution in [1.29, 1.82) is 5.26 Å². The van der Waals surface area contributed by atoms with Gasteiger partial charge < -0.3 is 4.90 Å². The molecule has 2 aromatic rings. The van der Waals surface area contributed by atoms with Crippen LogP contribution in [0.2, 0.25) is 0 Å². The lowest BCUT2D eigenvalue weighted by atomic mass is 9.90. The van der Waals surface area contributed by atoms with Gasteiger partial charge in [0, 0.05) is 19.0 Å². The van der Waals surface area contributed by atoms with Crippen LogP contribution in [0.5, 0.6) is 0 Å². The third-order valence-corrected chi connectivity index (χ3v) is 3.86. The summed E-state index contributed by atoms with van der Waals surface area (Å²) in [6, 6.07) is 19.0. The quantitative estimate of drug-likeness (QED) is 0.813. The first kappa shape index (κ1) is 11.8. The van der Waals surface area contributed by atoms with E-state index in [1.807, 2.05) is 31.2 Å². The predicted molar refractivity (Wildman–Crippen MR) is 77.3 cm³/mol. The summed E-state index contributed by atoms with van der Waals surface area (Å²) >= 11 is 0. The van der Waals surface area contributed by atoms with Gasteiger partial charge in [-0.15, -0.1) is 0 Å². The molecule has 3 rings (SSSR count). The molecule has 0 radical (unpaired) electrons. The van der Waals surface area contributed by atoms with E-state index in [9.17, 15) is 5.26 Å². The Balaban J connectivity index is 1.79. The van der Waals surface area contributed by atoms with E-state index >= 15 is 0 Å². The van der Waals surface area contributed by atoms with Gasteiger partial charge in [0.2, 0.25) is 0 Å². The van der Waals surface area contributed by atoms with Crippen LogP contribution in [-0.2, 0) is 0 Å². The summed E-state index contributed by atoms with van der Waals surface area (Å²) in [5.41, 5.74) is 4.34. The normalized spacial score (nSPS) is 14.8. The summed E-state index contributed by atoms with van der Waals surface area (Å²) in [4.78, 5) is 2.29. The lowest BCUT2D eigenvalue weighted by Gasteiger charge is -2.42. The minimum Gasteiger partial charge on any atom is -0.369 e. The Labute approximate surface area is 113 Å². The number of nitrogens with zero attached hydrogens (tertiary/aromatic N) is 2. The van der Waals surface area contributed by atoms with E-state index in [0.717, 1.165) is 29.9 Å². The molecule has 0 aliphatic carbocycles. The van der Waals surface area contributed by atoms with Gasteiger partial charge in [0.15, 0.2) is 0 Å². The van der Waals surface area contributed by atoms with Crippen LogP contribution in [0.4, 0.5) is 5.69 Å². The topological polar surface area (TPSA) is 27.0 Å². The second-order valence-corrected chi connectivity index (χ2v) is 5.09. The molecule has 2 heteroatoms. The third kappa shape index (κ3) is 2.08. The summed E-state index contributed by atoms with van der Waals surface area (Å²) in [6.07, 6.45) is 0. The fourth-order valence-corrected chi connectivity index (χ4v) is 2.67. The molecule has 1 aliphatic rings. The van der Waals surface area contributed by atoms with Crippen molar-refractivity contribution in [2.75, 3.05) is 18.0 Å². The summed E-state index contributed by atoms with van der Waals surface area (Å²) < 4.78 is 0. The minimum absolute atomic E-state index is 0.591. The number of hydrogen-bond donors (Lipinski definition) is 0. The van der Waals surface area contributed by atoms with Gasteiger partial charge in [-0.3, -0.25) is 0 Å². The minimum atomic E-state index is 0.591. The van der Waals surface area contributed by atoms with Gasteiger partial charge in [-0.05, 0) is 24.1 Å². The Kier molecular flexibility index (Phi) is 2.97. The summed E-state index contributed by atoms with van der Waals surface area (Å²) in [6.45, 7) is 4.00. The standard InChI is InChI=1S/C17H16N2/c1-13-6-5-9-17(16(13)10-18)19-11-15(12-19)14-7-3-2-4-8-14/h2-9,15H,11-12H2,1H3. The third-order valence-electron chi connectivity index (χ3n) is 3.86. The Morgan fingerprint density at radius 2 is 1.79 bits per heavy atom. The molecule has 0 bridgehead atoms. The second kappa shape index (κ2) is 4.78. The van der Waals surface area contributed by atoms with E-state index in [1.54, 1.807) is 0 Å². The van der Waals surface area contributed by atoms with E-state index in [1.165, 1.54) is 5.56 Å². The number of benzene rings is 2. The van der Waals surface area contributed by atoms with E-state index < -0.39 is 0 Å². The highest BCUT2D eigenvalue weighted by molar-refractivity contribution is 5.64. The van der Waals surface area contributed by atoms with Gasteiger partial charge in [0.25, 0.3) is 0 Å². The Morgan fingerprint density at radius 3 is 2.47 bits per heavy atom. The molecule has 0 saturated carbocycles. The number of hydrogen-bond acceptors (Lipinski definition) is 2. The first-order valence-corrected chi connectivity index (χ1v) is 6.59. The SMILES string of the molecule is Cc1cccc(N2CC(c3ccccc3)C2)c1C#N. The highest BCUT2D eigenvalue weighted by atomic mass is 15.2. The largest absolute Gasteiger partial charge is 0.369 e. The van der Waals surface area contributed by atoms with Crippen molar-refractivity contribution in [3.05, 3.63) is 65.2 Å². The van der Waals surface area contributed by atoms with Gasteiger partial charge in [-0.25, -0.2) is 0 Å². The number of nitriles is 1. The molecule has 1 heterocycles. The number of anilines is 1. The molecule has 0 spiro atoms. The van der Waals surface area contributed by atoms with Crippen LogP contribution in [-0.4, -0.2) is 13.1 Å². The molecule has 0 atom stereocenters. The van der Waals surface area contributed by atoms with Crippen LogP contribution in [0.25, 0.3) is 0 Å². The van der Waals surface area contributed by atoms with Crippen molar-refractivity contribution in [3.63, 3.8) is 0 Å². The van der Waals surface area contributed by atoms with Crippen LogP contribution < -0.4 is 4.90 Å². The Bertz CT molecular complexity index is 619. The maximum Gasteiger partial charge on any atom is 0.102 e. The van der Waals surface area contributed by atoms with Crippen molar-refractivity contribution in [2.45, 2.75) is 12.8 Å². The highest BCUT2D eigenvalue weighted by Crippen LogP contribution is 2.34. The average molecular weight is 248 g/mol. The lowest BCUT2D eigenvalue weighted by molar-refractivity contribution is 0.525. The zero-order valence-electron chi connectivity index (χ0n) is 11.0. The lowest BCUT2D eigenvalue weighted by Crippen LogP contribution is -2.45. The van der Waals surface area contributed by atoms with E-state index in [4.69, 9.17) is 0 Å². The van der Waals surface area contributed by atoms with Gasteiger partial charge in [-0.2, -0.15) is 5.26 Å². The van der Waals surface area contributed by atoms with Crippen LogP contribution in [0.15, 0.2) is 48.5 Å². The summed E-state index contributed by atoms with van der Waals surface area (Å²) in [5, 5.41) is 9.27. The molecular weight excluding hydrogens is 232 g/mol. The molecule has 1 aliphatic heterocycles. The summed E-state index contributed by atoms with van der Waals surface area (Å²) in [7, 11) is 0. The van der Waals surface area contributed by atoms with Crippen LogP contribution in [0.1, 0.15) is 22.6 Å². The monoisotopic (exact) mass is 248 g/mol. The molecule has 0 aromatic heterocycles. The van der Waals surface area contributed by atoms with Gasteiger partial charge in [-0.1, -0.05) is 42.5 Å². The van der Waals surface area contributed by atoms with E-state index in [-0.39, 0.29) is 0 Å². The van der Waals surface area contributed by atoms with Gasteiger partial charge >= 0.3 is 0 Å². The molecular formula is C17H16N2. The molecule has 0 unspecified atom stereocenters. The fourth-order valence-electron chi connectivity index (χ4n) is 2.67. The summed E-state index contributed by atoms with van der Waals surface area (Å²) in [5.74, 6) is 0.591. The number of aryl methyl sites for hydroxylation is 1. The molecule has 19 heavy (non-hydrogen) atoms. The zero-order chi connectivity index (χ0) is 13.2. The van der Waals surface area contributed by atoms with E-state index in [2.05, 4.69) is 35.2 Å². The van der Waals surface area contributed by atoms with Gasteiger partial charge in [0.1, 0.15) is 6.07 Å². The van der Waals surface area contributed by atoms with Crippen LogP contribution >= 0.6 is 0 Å². The van der Waals surface area contributed by atoms with Crippen molar-refractivity contribution < 1.29 is 0 Å². The van der Waals surface area contributed by atoms with Gasteiger partial charge in [0.05, 0.1) is 11.3 Å². The maximum atomic E-state index is 9.27. The zero-order valence-corrected chi connectivity index (χ0v) is 11.0. The van der Waals surface area contributed by atoms with E-state index in [0.29, 0.717) is 5.92 Å². The number of rotatable bonds is 2. The maximum absolute atomic E-state index is 9.27. The molecule has 1 saturated heterocycles. The first-order valence-electron chi connectivity index (χ1n) is 6.59. The van der Waals surface area contributed by atoms with Crippen molar-refractivity contribution in [2.24, 2.45) is 0 Å². The second-order valence-electron chi connectivity index (χ2n) is 5.09. The molecule has 0 amide bonds. The Morgan fingerprint density at radius 1 is 1.05 bits per heavy atom. The van der Waals surface area contributed by atoms with Crippen molar-refractivity contribution in [1.82, 2.24) is 0 Å². The smallest absolute Gasteiger partial charge is 0.102 e. The first-order chi connectivity index (χ1) is 9.29. The molecule has 0 N–H and O–H groups in total. The fraction of sp³-hybridized carbons (Fsp3) is 0.235. The molecule has 1 fully saturated rings. The molecule has 2 nitrogen and oxygen atoms in total. The predicted octanol–water partition coefficient (Wildman–Crippen LogP) is 3.47. The van der Waals surface area contributed by atoms with Crippen LogP contribution in [0, 0.1) is 18.3 Å².